The van der Waals surface area contributed by atoms with Crippen LogP contribution in [-0.4, -0.2) is 44.5 Å². The van der Waals surface area contributed by atoms with Crippen LogP contribution in [0.15, 0.2) is 24.7 Å². The van der Waals surface area contributed by atoms with Gasteiger partial charge in [-0.25, -0.2) is 19.9 Å². The molecule has 0 saturated carbocycles. The lowest BCUT2D eigenvalue weighted by Crippen LogP contribution is -2.47. The van der Waals surface area contributed by atoms with Crippen molar-refractivity contribution in [1.29, 1.82) is 0 Å². The number of hydrogen-bond donors (Lipinski definition) is 1. The molecule has 1 fully saturated rings. The molecule has 2 aliphatic heterocycles. The van der Waals surface area contributed by atoms with E-state index >= 15 is 0 Å². The molecular weight excluding hydrogens is 292 g/mol. The summed E-state index contributed by atoms with van der Waals surface area (Å²) in [5, 5.41) is 0. The van der Waals surface area contributed by atoms with Crippen LogP contribution in [0.25, 0.3) is 0 Å². The fourth-order valence-electron chi connectivity index (χ4n) is 3.49. The van der Waals surface area contributed by atoms with Crippen LogP contribution in [0.4, 0.5) is 5.95 Å². The summed E-state index contributed by atoms with van der Waals surface area (Å²) in [7, 11) is 0. The van der Waals surface area contributed by atoms with Crippen molar-refractivity contribution in [2.75, 3.05) is 25.4 Å². The summed E-state index contributed by atoms with van der Waals surface area (Å²) in [5.74, 6) is 1.19. The lowest BCUT2D eigenvalue weighted by atomic mass is 9.83. The molecule has 0 aliphatic carbocycles. The van der Waals surface area contributed by atoms with Crippen molar-refractivity contribution < 1.29 is 4.74 Å². The van der Waals surface area contributed by atoms with Crippen LogP contribution < -0.4 is 5.73 Å². The fraction of sp³-hybridized carbons (Fsp3) is 0.500. The Morgan fingerprint density at radius 3 is 2.74 bits per heavy atom. The molecule has 2 aromatic heterocycles. The van der Waals surface area contributed by atoms with Gasteiger partial charge in [-0.1, -0.05) is 0 Å². The number of ether oxygens (including phenoxy) is 1. The van der Waals surface area contributed by atoms with E-state index in [-0.39, 0.29) is 5.60 Å². The van der Waals surface area contributed by atoms with E-state index in [1.165, 1.54) is 5.56 Å². The van der Waals surface area contributed by atoms with Gasteiger partial charge in [-0.05, 0) is 30.9 Å². The Kier molecular flexibility index (Phi) is 3.66. The summed E-state index contributed by atoms with van der Waals surface area (Å²) in [4.78, 5) is 19.6. The maximum absolute atomic E-state index is 6.18. The van der Waals surface area contributed by atoms with E-state index in [2.05, 4.69) is 24.8 Å². The molecule has 2 N–H and O–H groups in total. The number of nitrogens with two attached hydrogens (primary N) is 1. The van der Waals surface area contributed by atoms with Gasteiger partial charge < -0.3 is 10.5 Å². The minimum absolute atomic E-state index is 0.307. The minimum atomic E-state index is -0.307. The maximum atomic E-state index is 6.18. The number of likely N-dealkylation sites (tertiary alicyclic amines) is 1. The first-order valence-corrected chi connectivity index (χ1v) is 7.99. The normalized spacial score (nSPS) is 20.3. The van der Waals surface area contributed by atoms with E-state index in [0.29, 0.717) is 5.95 Å². The van der Waals surface area contributed by atoms with Crippen molar-refractivity contribution in [2.45, 2.75) is 31.4 Å². The summed E-state index contributed by atoms with van der Waals surface area (Å²) in [6.45, 7) is 3.36. The number of nitrogens with zero attached hydrogens (tertiary/aromatic N) is 5. The summed E-state index contributed by atoms with van der Waals surface area (Å²) < 4.78 is 6.18. The Hall–Kier alpha value is -2.12. The van der Waals surface area contributed by atoms with Crippen LogP contribution in [-0.2, 0) is 23.3 Å². The lowest BCUT2D eigenvalue weighted by Gasteiger charge is -2.43. The molecule has 0 amide bonds. The second-order valence-corrected chi connectivity index (χ2v) is 6.14. The van der Waals surface area contributed by atoms with Crippen LogP contribution >= 0.6 is 0 Å². The Labute approximate surface area is 134 Å². The summed E-state index contributed by atoms with van der Waals surface area (Å²) in [6, 6.07) is 1.84. The first kappa shape index (κ1) is 14.5. The summed E-state index contributed by atoms with van der Waals surface area (Å²) in [6.07, 6.45) is 8.10. The van der Waals surface area contributed by atoms with Crippen LogP contribution in [0.1, 0.15) is 29.9 Å². The van der Waals surface area contributed by atoms with Crippen molar-refractivity contribution in [3.63, 3.8) is 0 Å². The lowest BCUT2D eigenvalue weighted by molar-refractivity contribution is -0.102. The molecule has 4 rings (SSSR count). The third-order valence-electron chi connectivity index (χ3n) is 4.71. The maximum Gasteiger partial charge on any atom is 0.220 e. The van der Waals surface area contributed by atoms with Gasteiger partial charge in [0, 0.05) is 31.7 Å². The molecule has 7 nitrogen and oxygen atoms in total. The van der Waals surface area contributed by atoms with Gasteiger partial charge in [0.2, 0.25) is 5.95 Å². The highest BCUT2D eigenvalue weighted by molar-refractivity contribution is 5.32. The zero-order valence-corrected chi connectivity index (χ0v) is 13.0. The van der Waals surface area contributed by atoms with Crippen molar-refractivity contribution >= 4 is 5.95 Å². The number of piperidine rings is 1. The second-order valence-electron chi connectivity index (χ2n) is 6.14. The third kappa shape index (κ3) is 2.77. The first-order valence-electron chi connectivity index (χ1n) is 7.99. The number of aromatic nitrogens is 4. The van der Waals surface area contributed by atoms with Crippen LogP contribution in [0.3, 0.4) is 0 Å². The smallest absolute Gasteiger partial charge is 0.220 e. The highest BCUT2D eigenvalue weighted by atomic mass is 16.5. The predicted octanol–water partition coefficient (Wildman–Crippen LogP) is 0.913. The van der Waals surface area contributed by atoms with Crippen molar-refractivity contribution in [3.05, 3.63) is 41.7 Å². The topological polar surface area (TPSA) is 90.1 Å². The summed E-state index contributed by atoms with van der Waals surface area (Å²) >= 11 is 0. The Morgan fingerprint density at radius 2 is 1.96 bits per heavy atom. The van der Waals surface area contributed by atoms with Gasteiger partial charge in [-0.15, -0.1) is 0 Å². The monoisotopic (exact) mass is 312 g/mol. The number of anilines is 1. The number of nitrogen functional groups attached to an aromatic ring is 1. The Bertz CT molecular complexity index is 684. The highest BCUT2D eigenvalue weighted by Gasteiger charge is 2.42. The van der Waals surface area contributed by atoms with Gasteiger partial charge in [-0.3, -0.25) is 4.90 Å². The summed E-state index contributed by atoms with van der Waals surface area (Å²) in [5.41, 5.74) is 7.65. The van der Waals surface area contributed by atoms with Crippen molar-refractivity contribution in [1.82, 2.24) is 24.8 Å². The van der Waals surface area contributed by atoms with Gasteiger partial charge >= 0.3 is 0 Å². The molecule has 4 heterocycles. The zero-order valence-electron chi connectivity index (χ0n) is 13.0. The molecule has 0 atom stereocenters. The molecule has 2 aromatic rings. The molecule has 0 radical (unpaired) electrons. The van der Waals surface area contributed by atoms with Gasteiger partial charge in [0.25, 0.3) is 0 Å². The van der Waals surface area contributed by atoms with Crippen molar-refractivity contribution in [2.24, 2.45) is 0 Å². The molecule has 120 valence electrons. The standard InChI is InChI=1S/C16H20N6O/c17-15-20-10-12-2-9-23-16(14(12)21-15)3-7-22(8-4-16)11-13-18-5-1-6-19-13/h1,5-6,10H,2-4,7-9,11H2,(H2,17,20,21). The Balaban J connectivity index is 1.50. The molecule has 1 spiro atoms. The fourth-order valence-corrected chi connectivity index (χ4v) is 3.49. The van der Waals surface area contributed by atoms with Crippen LogP contribution in [0.2, 0.25) is 0 Å². The molecule has 0 bridgehead atoms. The van der Waals surface area contributed by atoms with Crippen LogP contribution in [0, 0.1) is 0 Å². The Morgan fingerprint density at radius 1 is 1.17 bits per heavy atom. The molecule has 0 unspecified atom stereocenters. The number of fused-ring (bicyclic) bond motifs is 2. The number of rotatable bonds is 2. The second kappa shape index (κ2) is 5.82. The molecular formula is C16H20N6O. The largest absolute Gasteiger partial charge is 0.368 e. The predicted molar refractivity (Wildman–Crippen MR) is 84.3 cm³/mol. The quantitative estimate of drug-likeness (QED) is 0.881. The van der Waals surface area contributed by atoms with E-state index in [9.17, 15) is 0 Å². The average molecular weight is 312 g/mol. The van der Waals surface area contributed by atoms with E-state index in [1.807, 2.05) is 12.3 Å². The molecule has 23 heavy (non-hydrogen) atoms. The number of hydrogen-bond acceptors (Lipinski definition) is 7. The highest BCUT2D eigenvalue weighted by Crippen LogP contribution is 2.40. The van der Waals surface area contributed by atoms with E-state index in [1.54, 1.807) is 12.4 Å². The van der Waals surface area contributed by atoms with Crippen LogP contribution in [0.5, 0.6) is 0 Å². The zero-order chi connectivity index (χ0) is 15.7. The minimum Gasteiger partial charge on any atom is -0.368 e. The van der Waals surface area contributed by atoms with Gasteiger partial charge in [0.05, 0.1) is 18.8 Å². The van der Waals surface area contributed by atoms with Gasteiger partial charge in [-0.2, -0.15) is 0 Å². The van der Waals surface area contributed by atoms with E-state index in [0.717, 1.165) is 57.0 Å². The molecule has 1 saturated heterocycles. The SMILES string of the molecule is Nc1ncc2c(n1)C1(CCN(Cc3ncccn3)CC1)OCC2. The molecule has 0 aromatic carbocycles. The van der Waals surface area contributed by atoms with E-state index in [4.69, 9.17) is 10.5 Å². The van der Waals surface area contributed by atoms with Gasteiger partial charge in [0.1, 0.15) is 11.4 Å². The average Bonchev–Trinajstić information content (AvgIpc) is 2.59. The van der Waals surface area contributed by atoms with Gasteiger partial charge in [0.15, 0.2) is 0 Å². The van der Waals surface area contributed by atoms with Crippen molar-refractivity contribution in [3.8, 4) is 0 Å². The molecule has 7 heteroatoms. The van der Waals surface area contributed by atoms with E-state index < -0.39 is 0 Å². The molecule has 2 aliphatic rings. The third-order valence-corrected chi connectivity index (χ3v) is 4.71. The first-order chi connectivity index (χ1) is 11.3.